The highest BCUT2D eigenvalue weighted by molar-refractivity contribution is 8.14. The van der Waals surface area contributed by atoms with E-state index in [-0.39, 0.29) is 0 Å². The minimum atomic E-state index is 0.316. The molecule has 17 heavy (non-hydrogen) atoms. The van der Waals surface area contributed by atoms with E-state index in [1.807, 2.05) is 19.9 Å². The van der Waals surface area contributed by atoms with Gasteiger partial charge in [0.1, 0.15) is 0 Å². The van der Waals surface area contributed by atoms with E-state index in [0.717, 1.165) is 34.5 Å². The zero-order valence-electron chi connectivity index (χ0n) is 10.9. The molecule has 92 valence electrons. The van der Waals surface area contributed by atoms with Crippen LogP contribution in [0, 0.1) is 19.3 Å². The molecule has 1 aliphatic heterocycles. The molecule has 2 heterocycles. The van der Waals surface area contributed by atoms with Gasteiger partial charge in [-0.2, -0.15) is 0 Å². The minimum Gasteiger partial charge on any atom is -0.334 e. The van der Waals surface area contributed by atoms with Crippen molar-refractivity contribution in [2.75, 3.05) is 17.6 Å². The second-order valence-corrected chi connectivity index (χ2v) is 6.25. The molecule has 3 nitrogen and oxygen atoms in total. The number of hydrogen-bond acceptors (Lipinski definition) is 4. The molecule has 1 aromatic heterocycles. The van der Waals surface area contributed by atoms with E-state index in [9.17, 15) is 0 Å². The van der Waals surface area contributed by atoms with Crippen molar-refractivity contribution >= 4 is 22.6 Å². The van der Waals surface area contributed by atoms with Gasteiger partial charge in [0, 0.05) is 18.0 Å². The molecular formula is C13H19N3S. The molecule has 2 rings (SSSR count). The highest BCUT2D eigenvalue weighted by atomic mass is 32.2. The summed E-state index contributed by atoms with van der Waals surface area (Å²) in [6.45, 7) is 9.41. The number of hydrogen-bond donors (Lipinski definition) is 1. The van der Waals surface area contributed by atoms with Crippen molar-refractivity contribution in [3.05, 3.63) is 23.5 Å². The van der Waals surface area contributed by atoms with Gasteiger partial charge in [-0.1, -0.05) is 25.6 Å². The number of aliphatic imine (C=N–C) groups is 1. The quantitative estimate of drug-likeness (QED) is 0.830. The first-order chi connectivity index (χ1) is 7.96. The lowest BCUT2D eigenvalue weighted by Crippen LogP contribution is -2.27. The van der Waals surface area contributed by atoms with Crippen LogP contribution < -0.4 is 5.32 Å². The van der Waals surface area contributed by atoms with Crippen LogP contribution in [0.4, 0.5) is 5.69 Å². The van der Waals surface area contributed by atoms with Gasteiger partial charge in [-0.25, -0.2) is 0 Å². The Kier molecular flexibility index (Phi) is 3.43. The van der Waals surface area contributed by atoms with E-state index < -0.39 is 0 Å². The summed E-state index contributed by atoms with van der Waals surface area (Å²) in [7, 11) is 0. The molecule has 0 amide bonds. The monoisotopic (exact) mass is 249 g/mol. The van der Waals surface area contributed by atoms with Gasteiger partial charge in [-0.3, -0.25) is 9.98 Å². The molecule has 1 aliphatic rings. The van der Waals surface area contributed by atoms with E-state index in [2.05, 4.69) is 35.2 Å². The maximum atomic E-state index is 4.58. The Morgan fingerprint density at radius 2 is 2.06 bits per heavy atom. The first-order valence-electron chi connectivity index (χ1n) is 5.85. The zero-order valence-corrected chi connectivity index (χ0v) is 11.7. The smallest absolute Gasteiger partial charge is 0.161 e. The van der Waals surface area contributed by atoms with Crippen molar-refractivity contribution in [1.29, 1.82) is 0 Å². The normalized spacial score (nSPS) is 18.7. The Morgan fingerprint density at radius 1 is 1.29 bits per heavy atom. The van der Waals surface area contributed by atoms with Crippen molar-refractivity contribution in [3.8, 4) is 0 Å². The van der Waals surface area contributed by atoms with Crippen LogP contribution in [0.1, 0.15) is 25.2 Å². The second-order valence-electron chi connectivity index (χ2n) is 5.28. The molecule has 0 spiro atoms. The first kappa shape index (κ1) is 12.4. The van der Waals surface area contributed by atoms with Crippen LogP contribution in [0.3, 0.4) is 0 Å². The predicted molar refractivity (Wildman–Crippen MR) is 75.9 cm³/mol. The lowest BCUT2D eigenvalue weighted by molar-refractivity contribution is 0.438. The second kappa shape index (κ2) is 4.69. The highest BCUT2D eigenvalue weighted by Gasteiger charge is 2.23. The number of aryl methyl sites for hydroxylation is 2. The molecule has 0 atom stereocenters. The predicted octanol–water partition coefficient (Wildman–Crippen LogP) is 3.24. The SMILES string of the molecule is Cc1ccc(NC2=NCC(C)(C)CS2)c(C)n1. The number of nitrogens with zero attached hydrogens (tertiary/aromatic N) is 2. The van der Waals surface area contributed by atoms with Crippen LogP contribution in [0.2, 0.25) is 0 Å². The third-order valence-corrected chi connectivity index (χ3v) is 4.15. The van der Waals surface area contributed by atoms with E-state index >= 15 is 0 Å². The van der Waals surface area contributed by atoms with Gasteiger partial charge in [0.15, 0.2) is 5.17 Å². The van der Waals surface area contributed by atoms with Crippen LogP contribution in [-0.4, -0.2) is 22.4 Å². The Morgan fingerprint density at radius 3 is 2.65 bits per heavy atom. The molecule has 0 radical (unpaired) electrons. The number of nitrogens with one attached hydrogen (secondary N) is 1. The average molecular weight is 249 g/mol. The number of amidine groups is 1. The summed E-state index contributed by atoms with van der Waals surface area (Å²) in [4.78, 5) is 9.02. The summed E-state index contributed by atoms with van der Waals surface area (Å²) in [6.07, 6.45) is 0. The van der Waals surface area contributed by atoms with E-state index in [1.165, 1.54) is 0 Å². The van der Waals surface area contributed by atoms with Crippen LogP contribution in [0.25, 0.3) is 0 Å². The van der Waals surface area contributed by atoms with Crippen LogP contribution in [-0.2, 0) is 0 Å². The molecule has 1 N–H and O–H groups in total. The van der Waals surface area contributed by atoms with Gasteiger partial charge in [-0.05, 0) is 31.4 Å². The fourth-order valence-corrected chi connectivity index (χ4v) is 2.61. The zero-order chi connectivity index (χ0) is 12.5. The van der Waals surface area contributed by atoms with Crippen LogP contribution >= 0.6 is 11.8 Å². The number of aromatic nitrogens is 1. The average Bonchev–Trinajstić information content (AvgIpc) is 2.25. The molecule has 0 aliphatic carbocycles. The molecular weight excluding hydrogens is 230 g/mol. The van der Waals surface area contributed by atoms with Gasteiger partial charge >= 0.3 is 0 Å². The molecule has 4 heteroatoms. The first-order valence-corrected chi connectivity index (χ1v) is 6.83. The number of anilines is 1. The van der Waals surface area contributed by atoms with Crippen molar-refractivity contribution in [1.82, 2.24) is 4.98 Å². The summed E-state index contributed by atoms with van der Waals surface area (Å²) >= 11 is 1.79. The Bertz CT molecular complexity index is 452. The third kappa shape index (κ3) is 3.22. The number of pyridine rings is 1. The van der Waals surface area contributed by atoms with Gasteiger partial charge in [0.2, 0.25) is 0 Å². The number of rotatable bonds is 1. The van der Waals surface area contributed by atoms with Gasteiger partial charge in [0.25, 0.3) is 0 Å². The Balaban J connectivity index is 2.09. The Hall–Kier alpha value is -1.03. The van der Waals surface area contributed by atoms with Crippen molar-refractivity contribution in [2.24, 2.45) is 10.4 Å². The van der Waals surface area contributed by atoms with E-state index in [0.29, 0.717) is 5.41 Å². The molecule has 0 fully saturated rings. The maximum Gasteiger partial charge on any atom is 0.161 e. The Labute approximate surface area is 107 Å². The van der Waals surface area contributed by atoms with Crippen LogP contribution in [0.15, 0.2) is 17.1 Å². The summed E-state index contributed by atoms with van der Waals surface area (Å²) < 4.78 is 0. The lowest BCUT2D eigenvalue weighted by Gasteiger charge is -2.27. The topological polar surface area (TPSA) is 37.3 Å². The number of thioether (sulfide) groups is 1. The molecule has 0 aromatic carbocycles. The molecule has 0 unspecified atom stereocenters. The summed E-state index contributed by atoms with van der Waals surface area (Å²) in [5.41, 5.74) is 3.45. The minimum absolute atomic E-state index is 0.316. The summed E-state index contributed by atoms with van der Waals surface area (Å²) in [5, 5.41) is 4.38. The molecule has 0 saturated carbocycles. The van der Waals surface area contributed by atoms with E-state index in [1.54, 1.807) is 11.8 Å². The molecule has 0 bridgehead atoms. The molecule has 0 saturated heterocycles. The fourth-order valence-electron chi connectivity index (χ4n) is 1.65. The summed E-state index contributed by atoms with van der Waals surface area (Å²) in [6, 6.07) is 4.09. The van der Waals surface area contributed by atoms with Gasteiger partial charge in [0.05, 0.1) is 11.4 Å². The van der Waals surface area contributed by atoms with Crippen molar-refractivity contribution in [2.45, 2.75) is 27.7 Å². The largest absolute Gasteiger partial charge is 0.334 e. The fraction of sp³-hybridized carbons (Fsp3) is 0.538. The van der Waals surface area contributed by atoms with Crippen molar-refractivity contribution in [3.63, 3.8) is 0 Å². The highest BCUT2D eigenvalue weighted by Crippen LogP contribution is 2.28. The standard InChI is InChI=1S/C13H19N3S/c1-9-5-6-11(10(2)15-9)16-12-14-7-13(3,4)8-17-12/h5-6H,7-8H2,1-4H3,(H,14,16). The maximum absolute atomic E-state index is 4.58. The lowest BCUT2D eigenvalue weighted by atomic mass is 9.97. The third-order valence-electron chi connectivity index (χ3n) is 2.72. The van der Waals surface area contributed by atoms with E-state index in [4.69, 9.17) is 0 Å². The van der Waals surface area contributed by atoms with Gasteiger partial charge in [-0.15, -0.1) is 0 Å². The molecule has 1 aromatic rings. The van der Waals surface area contributed by atoms with Crippen molar-refractivity contribution < 1.29 is 0 Å². The van der Waals surface area contributed by atoms with Crippen LogP contribution in [0.5, 0.6) is 0 Å². The van der Waals surface area contributed by atoms with Gasteiger partial charge < -0.3 is 5.32 Å². The summed E-state index contributed by atoms with van der Waals surface area (Å²) in [5.74, 6) is 1.11.